The van der Waals surface area contributed by atoms with E-state index < -0.39 is 51.0 Å². The van der Waals surface area contributed by atoms with Crippen LogP contribution >= 0.6 is 0 Å². The third-order valence-corrected chi connectivity index (χ3v) is 21.5. The van der Waals surface area contributed by atoms with Crippen molar-refractivity contribution >= 4 is 35.8 Å². The van der Waals surface area contributed by atoms with Crippen LogP contribution in [0, 0.1) is 80.3 Å². The Morgan fingerprint density at radius 1 is 0.582 bits per heavy atom. The molecule has 3 aliphatic heterocycles. The molecule has 14 unspecified atom stereocenters. The molecule has 3 heterocycles. The molecule has 15 nitrogen and oxygen atoms in total. The number of carbonyl (C=O) groups is 6. The molecule has 450 valence electrons. The van der Waals surface area contributed by atoms with Gasteiger partial charge in [0.2, 0.25) is 0 Å². The molecule has 11 aliphatic rings. The summed E-state index contributed by atoms with van der Waals surface area (Å²) in [6.45, 7) is 32.2. The van der Waals surface area contributed by atoms with E-state index in [1.54, 1.807) is 0 Å². The lowest BCUT2D eigenvalue weighted by Gasteiger charge is -2.59. The zero-order valence-electron chi connectivity index (χ0n) is 51.6. The smallest absolute Gasteiger partial charge is 0.337 e. The first-order chi connectivity index (χ1) is 36.4. The highest BCUT2D eigenvalue weighted by molar-refractivity contribution is 5.80. The molecule has 2 N–H and O–H groups in total. The van der Waals surface area contributed by atoms with Gasteiger partial charge < -0.3 is 43.4 Å². The maximum Gasteiger partial charge on any atom is 0.337 e. The molecule has 15 heteroatoms. The molecule has 0 aromatic rings. The SMILES string of the molecule is CCC(C)(C)C(=O)OC1(CC)CC2CC1C1C3CCC(C3)C21.CCC(C)(C)C(=O)OC12CC3CC(CC(O)(C3)C1)C2.CCC(C)(C)C(=O)OC1C2CC3C(=O)OC1C3O2.CCC(C)(C)C(=O)OCC(C)(C)COC(=O)C(C)(C)O. The fraction of sp³-hybridized carbons (Fsp3) is 0.906. The van der Waals surface area contributed by atoms with E-state index in [0.717, 1.165) is 81.0 Å². The van der Waals surface area contributed by atoms with Gasteiger partial charge in [-0.25, -0.2) is 4.79 Å². The average Bonchev–Trinajstić information content (AvgIpc) is 4.44. The van der Waals surface area contributed by atoms with Crippen LogP contribution in [0.1, 0.15) is 227 Å². The van der Waals surface area contributed by atoms with Crippen LogP contribution in [0.2, 0.25) is 0 Å². The van der Waals surface area contributed by atoms with Gasteiger partial charge in [-0.3, -0.25) is 24.0 Å². The van der Waals surface area contributed by atoms with Crippen molar-refractivity contribution in [3.63, 3.8) is 0 Å². The molecule has 0 radical (unpaired) electrons. The van der Waals surface area contributed by atoms with Gasteiger partial charge >= 0.3 is 35.8 Å². The van der Waals surface area contributed by atoms with Crippen molar-refractivity contribution in [1.82, 2.24) is 0 Å². The predicted octanol–water partition coefficient (Wildman–Crippen LogP) is 11.2. The molecule has 3 saturated heterocycles. The van der Waals surface area contributed by atoms with Crippen LogP contribution in [0.15, 0.2) is 0 Å². The normalized spacial score (nSPS) is 36.9. The topological polar surface area (TPSA) is 207 Å². The summed E-state index contributed by atoms with van der Waals surface area (Å²) >= 11 is 0. The minimum atomic E-state index is -1.52. The van der Waals surface area contributed by atoms with E-state index in [4.69, 9.17) is 33.2 Å². The van der Waals surface area contributed by atoms with Gasteiger partial charge in [-0.15, -0.1) is 0 Å². The van der Waals surface area contributed by atoms with Gasteiger partial charge in [-0.05, 0) is 213 Å². The van der Waals surface area contributed by atoms with E-state index in [9.17, 15) is 39.0 Å². The molecule has 0 amide bonds. The lowest BCUT2D eigenvalue weighted by atomic mass is 9.52. The van der Waals surface area contributed by atoms with Crippen molar-refractivity contribution in [1.29, 1.82) is 0 Å². The van der Waals surface area contributed by atoms with Crippen LogP contribution in [0.4, 0.5) is 0 Å². The van der Waals surface area contributed by atoms with Crippen LogP contribution in [0.5, 0.6) is 0 Å². The minimum Gasteiger partial charge on any atom is -0.465 e. The van der Waals surface area contributed by atoms with Crippen molar-refractivity contribution in [2.45, 2.75) is 274 Å². The number of fused-ring (bicyclic) bond motifs is 10. The highest BCUT2D eigenvalue weighted by atomic mass is 16.7. The van der Waals surface area contributed by atoms with Crippen molar-refractivity contribution in [3.8, 4) is 0 Å². The summed E-state index contributed by atoms with van der Waals surface area (Å²) in [5, 5.41) is 20.1. The Morgan fingerprint density at radius 3 is 1.61 bits per heavy atom. The predicted molar refractivity (Wildman–Crippen MR) is 296 cm³/mol. The molecule has 0 aromatic carbocycles. The van der Waals surface area contributed by atoms with E-state index in [2.05, 4.69) is 13.8 Å². The van der Waals surface area contributed by atoms with E-state index in [0.29, 0.717) is 43.4 Å². The summed E-state index contributed by atoms with van der Waals surface area (Å²) in [5.41, 5.74) is -4.83. The summed E-state index contributed by atoms with van der Waals surface area (Å²) in [6.07, 6.45) is 16.1. The van der Waals surface area contributed by atoms with Crippen LogP contribution in [0.3, 0.4) is 0 Å². The Morgan fingerprint density at radius 2 is 1.09 bits per heavy atom. The maximum absolute atomic E-state index is 12.7. The second-order valence-corrected chi connectivity index (χ2v) is 30.4. The van der Waals surface area contributed by atoms with E-state index in [1.165, 1.54) is 46.0 Å². The standard InChI is InChI=1S/C20H32O2.C16H26O3.C15H28O5.C13H18O5/c1-5-19(3,4)18(21)22-20(6-2)11-14-10-15(20)17-13-8-7-12(9-13)16(14)17;1-4-14(2,3)13(17)19-16-8-11-5-12(9-16)7-15(18,6-11)10-16;1-8-14(4,5)11(16)19-9-13(2,3)10-20-12(17)15(6,7)18;1-4-13(2,3)12(15)18-9-7-5-6-8(16-7)10(9)17-11(6)14/h12-17H,5-11H2,1-4H3;11-12,18H,4-10H2,1-3H3;18H,8-10H2,1-7H3;6-10H,4-5H2,1-3H3. The number of aliphatic hydroxyl groups is 2. The number of ether oxygens (including phenoxy) is 7. The minimum absolute atomic E-state index is 0.0455. The Bertz CT molecular complexity index is 2240. The Kier molecular flexibility index (Phi) is 18.2. The second-order valence-electron chi connectivity index (χ2n) is 30.4. The van der Waals surface area contributed by atoms with Crippen molar-refractivity contribution < 1.29 is 72.1 Å². The van der Waals surface area contributed by atoms with Crippen LogP contribution < -0.4 is 0 Å². The van der Waals surface area contributed by atoms with Gasteiger partial charge in [-0.1, -0.05) is 48.5 Å². The van der Waals surface area contributed by atoms with Crippen LogP contribution in [-0.2, 0) is 61.9 Å². The van der Waals surface area contributed by atoms with Crippen molar-refractivity contribution in [2.24, 2.45) is 80.3 Å². The largest absolute Gasteiger partial charge is 0.465 e. The second kappa shape index (κ2) is 22.7. The van der Waals surface area contributed by atoms with Gasteiger partial charge in [-0.2, -0.15) is 0 Å². The summed E-state index contributed by atoms with van der Waals surface area (Å²) in [4.78, 5) is 72.0. The third kappa shape index (κ3) is 13.1. The summed E-state index contributed by atoms with van der Waals surface area (Å²) < 4.78 is 39.1. The highest BCUT2D eigenvalue weighted by Crippen LogP contribution is 2.71. The Hall–Kier alpha value is -3.30. The quantitative estimate of drug-likeness (QED) is 0.0789. The Balaban J connectivity index is 0.000000153. The molecule has 8 saturated carbocycles. The fourth-order valence-electron chi connectivity index (χ4n) is 15.4. The molecule has 8 aliphatic carbocycles. The summed E-state index contributed by atoms with van der Waals surface area (Å²) in [6, 6.07) is 0. The zero-order valence-corrected chi connectivity index (χ0v) is 51.6. The molecule has 11 fully saturated rings. The van der Waals surface area contributed by atoms with Gasteiger partial charge in [0.25, 0.3) is 0 Å². The Labute approximate surface area is 473 Å². The monoisotopic (exact) mass is 1110 g/mol. The van der Waals surface area contributed by atoms with Crippen LogP contribution in [-0.4, -0.2) is 106 Å². The number of rotatable bonds is 17. The molecule has 0 aromatic heterocycles. The summed E-state index contributed by atoms with van der Waals surface area (Å²) in [5.74, 6) is 4.89. The first-order valence-corrected chi connectivity index (χ1v) is 30.8. The molecule has 10 bridgehead atoms. The molecule has 0 spiro atoms. The van der Waals surface area contributed by atoms with Gasteiger partial charge in [0.1, 0.15) is 17.3 Å². The van der Waals surface area contributed by atoms with Gasteiger partial charge in [0, 0.05) is 17.8 Å². The van der Waals surface area contributed by atoms with E-state index >= 15 is 0 Å². The van der Waals surface area contributed by atoms with Crippen molar-refractivity contribution in [2.75, 3.05) is 13.2 Å². The molecule has 79 heavy (non-hydrogen) atoms. The van der Waals surface area contributed by atoms with Gasteiger partial charge in [0.05, 0.1) is 52.5 Å². The van der Waals surface area contributed by atoms with Gasteiger partial charge in [0.15, 0.2) is 17.8 Å². The van der Waals surface area contributed by atoms with E-state index in [1.807, 2.05) is 90.0 Å². The fourth-order valence-corrected chi connectivity index (χ4v) is 15.4. The first kappa shape index (κ1) is 63.3. The number of carbonyl (C=O) groups excluding carboxylic acids is 6. The van der Waals surface area contributed by atoms with E-state index in [-0.39, 0.29) is 77.8 Å². The molecular formula is C64H104O15. The first-order valence-electron chi connectivity index (χ1n) is 30.8. The highest BCUT2D eigenvalue weighted by Gasteiger charge is 2.69. The zero-order chi connectivity index (χ0) is 58.9. The third-order valence-electron chi connectivity index (χ3n) is 21.5. The number of esters is 6. The maximum atomic E-state index is 12.7. The lowest BCUT2D eigenvalue weighted by molar-refractivity contribution is -0.225. The lowest BCUT2D eigenvalue weighted by Crippen LogP contribution is -2.61. The molecular weight excluding hydrogens is 1010 g/mol. The average molecular weight is 1110 g/mol. The number of hydrogen-bond acceptors (Lipinski definition) is 15. The summed E-state index contributed by atoms with van der Waals surface area (Å²) in [7, 11) is 0. The van der Waals surface area contributed by atoms with Crippen LogP contribution in [0.25, 0.3) is 0 Å². The molecule has 11 rings (SSSR count). The van der Waals surface area contributed by atoms with Crippen molar-refractivity contribution in [3.05, 3.63) is 0 Å². The number of hydrogen-bond donors (Lipinski definition) is 2. The molecule has 14 atom stereocenters.